The van der Waals surface area contributed by atoms with E-state index in [-0.39, 0.29) is 18.4 Å². The maximum absolute atomic E-state index is 12.2. The zero-order valence-corrected chi connectivity index (χ0v) is 13.7. The molecule has 3 rings (SSSR count). The molecule has 0 atom stereocenters. The fourth-order valence-corrected chi connectivity index (χ4v) is 2.48. The largest absolute Gasteiger partial charge is 0.480 e. The molecule has 3 aromatic rings. The minimum Gasteiger partial charge on any atom is -0.480 e. The van der Waals surface area contributed by atoms with Crippen LogP contribution in [0.25, 0.3) is 5.65 Å². The van der Waals surface area contributed by atoms with Gasteiger partial charge in [0.25, 0.3) is 5.91 Å². The number of nitrogens with one attached hydrogen (secondary N) is 1. The van der Waals surface area contributed by atoms with E-state index >= 15 is 0 Å². The van der Waals surface area contributed by atoms with Crippen LogP contribution in [0.3, 0.4) is 0 Å². The zero-order valence-electron chi connectivity index (χ0n) is 13.7. The molecule has 0 unspecified atom stereocenters. The Balaban J connectivity index is 1.88. The highest BCUT2D eigenvalue weighted by molar-refractivity contribution is 6.03. The van der Waals surface area contributed by atoms with Crippen molar-refractivity contribution >= 4 is 29.2 Å². The van der Waals surface area contributed by atoms with Gasteiger partial charge in [0.05, 0.1) is 16.9 Å². The normalized spacial score (nSPS) is 10.6. The number of aliphatic carboxylic acids is 1. The van der Waals surface area contributed by atoms with Gasteiger partial charge in [-0.05, 0) is 31.2 Å². The van der Waals surface area contributed by atoms with Crippen LogP contribution in [0, 0.1) is 6.92 Å². The molecule has 0 spiro atoms. The lowest BCUT2D eigenvalue weighted by molar-refractivity contribution is -0.135. The lowest BCUT2D eigenvalue weighted by atomic mass is 10.3. The van der Waals surface area contributed by atoms with Crippen molar-refractivity contribution in [2.45, 2.75) is 6.92 Å². The summed E-state index contributed by atoms with van der Waals surface area (Å²) in [5.74, 6) is -1.12. The molecule has 1 amide bonds. The topological polar surface area (TPSA) is 113 Å². The second-order valence-corrected chi connectivity index (χ2v) is 5.46. The maximum Gasteiger partial charge on any atom is 0.323 e. The van der Waals surface area contributed by atoms with Gasteiger partial charge < -0.3 is 10.0 Å². The van der Waals surface area contributed by atoms with Crippen LogP contribution < -0.4 is 10.2 Å². The molecule has 2 N–H and O–H groups in total. The standard InChI is InChI=1S/C16H16N6O3/c1-10-12(21(2)9-14(23)24)5-6-13-18-16(20-22(10)13)19-15(25)11-4-3-7-17-8-11/h3-8H,9H2,1-2H3,(H,23,24)(H,19,20,25). The SMILES string of the molecule is Cc1c(N(C)CC(=O)O)ccc2nc(NC(=O)c3cccnc3)nn12. The van der Waals surface area contributed by atoms with Crippen LogP contribution in [-0.2, 0) is 4.79 Å². The number of aromatic nitrogens is 4. The minimum atomic E-state index is -0.926. The molecular weight excluding hydrogens is 324 g/mol. The predicted octanol–water partition coefficient (Wildman–Crippen LogP) is 1.21. The quantitative estimate of drug-likeness (QED) is 0.717. The number of amides is 1. The van der Waals surface area contributed by atoms with Crippen molar-refractivity contribution in [3.8, 4) is 0 Å². The number of hydrogen-bond donors (Lipinski definition) is 2. The number of hydrogen-bond acceptors (Lipinski definition) is 6. The highest BCUT2D eigenvalue weighted by Crippen LogP contribution is 2.20. The van der Waals surface area contributed by atoms with E-state index in [4.69, 9.17) is 5.11 Å². The molecule has 0 fully saturated rings. The molecule has 0 aliphatic rings. The van der Waals surface area contributed by atoms with Gasteiger partial charge in [-0.1, -0.05) is 0 Å². The average molecular weight is 340 g/mol. The third kappa shape index (κ3) is 3.39. The first kappa shape index (κ1) is 16.4. The summed E-state index contributed by atoms with van der Waals surface area (Å²) in [5, 5.41) is 15.8. The maximum atomic E-state index is 12.2. The summed E-state index contributed by atoms with van der Waals surface area (Å²) in [6.45, 7) is 1.67. The summed E-state index contributed by atoms with van der Waals surface area (Å²) >= 11 is 0. The minimum absolute atomic E-state index is 0.133. The molecule has 3 aromatic heterocycles. The van der Waals surface area contributed by atoms with E-state index in [0.29, 0.717) is 16.9 Å². The van der Waals surface area contributed by atoms with Crippen molar-refractivity contribution < 1.29 is 14.7 Å². The van der Waals surface area contributed by atoms with Gasteiger partial charge in [0.2, 0.25) is 5.95 Å². The zero-order chi connectivity index (χ0) is 18.0. The van der Waals surface area contributed by atoms with Gasteiger partial charge in [0.1, 0.15) is 6.54 Å². The number of anilines is 2. The molecule has 3 heterocycles. The van der Waals surface area contributed by atoms with E-state index < -0.39 is 5.97 Å². The molecule has 0 saturated carbocycles. The summed E-state index contributed by atoms with van der Waals surface area (Å²) < 4.78 is 1.56. The van der Waals surface area contributed by atoms with Crippen LogP contribution in [0.2, 0.25) is 0 Å². The van der Waals surface area contributed by atoms with Crippen LogP contribution in [0.15, 0.2) is 36.7 Å². The second kappa shape index (κ2) is 6.56. The van der Waals surface area contributed by atoms with Gasteiger partial charge in [-0.2, -0.15) is 4.98 Å². The van der Waals surface area contributed by atoms with Crippen molar-refractivity contribution in [2.75, 3.05) is 23.8 Å². The molecule has 128 valence electrons. The molecule has 0 bridgehead atoms. The lowest BCUT2D eigenvalue weighted by Gasteiger charge is -2.19. The van der Waals surface area contributed by atoms with Gasteiger partial charge in [-0.25, -0.2) is 4.52 Å². The van der Waals surface area contributed by atoms with E-state index in [9.17, 15) is 9.59 Å². The Bertz CT molecular complexity index is 938. The molecule has 0 radical (unpaired) electrons. The fourth-order valence-electron chi connectivity index (χ4n) is 2.48. The number of nitrogens with zero attached hydrogens (tertiary/aromatic N) is 5. The summed E-state index contributed by atoms with van der Waals surface area (Å²) in [6.07, 6.45) is 3.04. The Kier molecular flexibility index (Phi) is 4.29. The Morgan fingerprint density at radius 1 is 1.32 bits per heavy atom. The summed E-state index contributed by atoms with van der Waals surface area (Å²) in [5.41, 5.74) is 2.38. The first-order valence-electron chi connectivity index (χ1n) is 7.46. The average Bonchev–Trinajstić information content (AvgIpc) is 2.98. The first-order chi connectivity index (χ1) is 12.0. The van der Waals surface area contributed by atoms with E-state index in [2.05, 4.69) is 20.4 Å². The number of carboxylic acid groups (broad SMARTS) is 1. The summed E-state index contributed by atoms with van der Waals surface area (Å²) in [6, 6.07) is 6.80. The number of aryl methyl sites for hydroxylation is 1. The van der Waals surface area contributed by atoms with Crippen molar-refractivity contribution in [2.24, 2.45) is 0 Å². The Morgan fingerprint density at radius 3 is 2.80 bits per heavy atom. The van der Waals surface area contributed by atoms with E-state index in [1.54, 1.807) is 46.9 Å². The van der Waals surface area contributed by atoms with Gasteiger partial charge >= 0.3 is 5.97 Å². The second-order valence-electron chi connectivity index (χ2n) is 5.46. The Hall–Kier alpha value is -3.49. The molecule has 0 aliphatic carbocycles. The summed E-state index contributed by atoms with van der Waals surface area (Å²) in [7, 11) is 1.68. The van der Waals surface area contributed by atoms with Crippen molar-refractivity contribution in [3.63, 3.8) is 0 Å². The number of likely N-dealkylation sites (N-methyl/N-ethyl adjacent to an activating group) is 1. The number of carbonyl (C=O) groups is 2. The van der Waals surface area contributed by atoms with Crippen molar-refractivity contribution in [1.29, 1.82) is 0 Å². The van der Waals surface area contributed by atoms with E-state index in [1.165, 1.54) is 6.20 Å². The third-order valence-electron chi connectivity index (χ3n) is 3.64. The lowest BCUT2D eigenvalue weighted by Crippen LogP contribution is -2.26. The smallest absolute Gasteiger partial charge is 0.323 e. The van der Waals surface area contributed by atoms with E-state index in [1.807, 2.05) is 6.92 Å². The van der Waals surface area contributed by atoms with E-state index in [0.717, 1.165) is 5.69 Å². The highest BCUT2D eigenvalue weighted by atomic mass is 16.4. The number of carbonyl (C=O) groups excluding carboxylic acids is 1. The van der Waals surface area contributed by atoms with Crippen LogP contribution in [0.1, 0.15) is 16.1 Å². The monoisotopic (exact) mass is 340 g/mol. The van der Waals surface area contributed by atoms with Crippen LogP contribution >= 0.6 is 0 Å². The fraction of sp³-hybridized carbons (Fsp3) is 0.188. The molecule has 9 heteroatoms. The molecule has 0 aromatic carbocycles. The molecule has 0 aliphatic heterocycles. The number of carboxylic acids is 1. The number of fused-ring (bicyclic) bond motifs is 1. The van der Waals surface area contributed by atoms with Crippen molar-refractivity contribution in [1.82, 2.24) is 19.6 Å². The molecule has 0 saturated heterocycles. The van der Waals surface area contributed by atoms with Crippen LogP contribution in [0.5, 0.6) is 0 Å². The van der Waals surface area contributed by atoms with Gasteiger partial charge in [0, 0.05) is 19.4 Å². The number of pyridine rings is 2. The van der Waals surface area contributed by atoms with Gasteiger partial charge in [0.15, 0.2) is 5.65 Å². The van der Waals surface area contributed by atoms with Crippen LogP contribution in [-0.4, -0.2) is 50.2 Å². The highest BCUT2D eigenvalue weighted by Gasteiger charge is 2.15. The third-order valence-corrected chi connectivity index (χ3v) is 3.64. The first-order valence-corrected chi connectivity index (χ1v) is 7.46. The predicted molar refractivity (Wildman–Crippen MR) is 90.8 cm³/mol. The Labute approximate surface area is 142 Å². The summed E-state index contributed by atoms with van der Waals surface area (Å²) in [4.78, 5) is 32.8. The van der Waals surface area contributed by atoms with Crippen LogP contribution in [0.4, 0.5) is 11.6 Å². The molecule has 25 heavy (non-hydrogen) atoms. The van der Waals surface area contributed by atoms with Gasteiger partial charge in [-0.3, -0.25) is 19.9 Å². The Morgan fingerprint density at radius 2 is 2.12 bits per heavy atom. The molecular formula is C16H16N6O3. The number of rotatable bonds is 5. The van der Waals surface area contributed by atoms with Crippen molar-refractivity contribution in [3.05, 3.63) is 47.9 Å². The van der Waals surface area contributed by atoms with Gasteiger partial charge in [-0.15, -0.1) is 5.10 Å². The molecule has 9 nitrogen and oxygen atoms in total.